The van der Waals surface area contributed by atoms with Crippen molar-refractivity contribution in [3.05, 3.63) is 23.4 Å². The molecule has 0 radical (unpaired) electrons. The van der Waals surface area contributed by atoms with E-state index in [1.54, 1.807) is 6.08 Å². The molecule has 4 N–H and O–H groups in total. The Morgan fingerprint density at radius 1 is 1.67 bits per heavy atom. The molecule has 0 spiro atoms. The summed E-state index contributed by atoms with van der Waals surface area (Å²) in [4.78, 5) is 0. The van der Waals surface area contributed by atoms with Crippen molar-refractivity contribution in [1.29, 1.82) is 5.26 Å². The van der Waals surface area contributed by atoms with E-state index >= 15 is 0 Å². The summed E-state index contributed by atoms with van der Waals surface area (Å²) < 4.78 is 0. The van der Waals surface area contributed by atoms with Gasteiger partial charge in [-0.25, -0.2) is 0 Å². The van der Waals surface area contributed by atoms with Crippen LogP contribution in [0.5, 0.6) is 0 Å². The van der Waals surface area contributed by atoms with Crippen LogP contribution < -0.4 is 11.5 Å². The summed E-state index contributed by atoms with van der Waals surface area (Å²) in [5.74, 6) is 0. The maximum atomic E-state index is 8.76. The van der Waals surface area contributed by atoms with Gasteiger partial charge in [-0.3, -0.25) is 0 Å². The van der Waals surface area contributed by atoms with Gasteiger partial charge in [0, 0.05) is 11.6 Å². The van der Waals surface area contributed by atoms with E-state index in [1.165, 1.54) is 6.20 Å². The summed E-state index contributed by atoms with van der Waals surface area (Å²) in [5, 5.41) is 8.76. The predicted octanol–water partition coefficient (Wildman–Crippen LogP) is 1.04. The van der Waals surface area contributed by atoms with Crippen LogP contribution in [0.3, 0.4) is 0 Å². The molecule has 3 heteroatoms. The second-order valence-electron chi connectivity index (χ2n) is 2.58. The predicted molar refractivity (Wildman–Crippen MR) is 49.9 cm³/mol. The molecular weight excluding hydrogens is 150 g/mol. The molecule has 0 aromatic heterocycles. The van der Waals surface area contributed by atoms with Crippen LogP contribution in [0.25, 0.3) is 0 Å². The molecule has 66 valence electrons. The molecule has 0 aromatic rings. The molecule has 0 fully saturated rings. The van der Waals surface area contributed by atoms with E-state index in [2.05, 4.69) is 6.07 Å². The lowest BCUT2D eigenvalue weighted by Crippen LogP contribution is -2.21. The average molecular weight is 165 g/mol. The van der Waals surface area contributed by atoms with Crippen molar-refractivity contribution in [1.82, 2.24) is 0 Å². The third-order valence-electron chi connectivity index (χ3n) is 1.70. The Kier molecular flexibility index (Phi) is 4.82. The standard InChI is InChI=1S/C9H15N3/c1-3-9(12)8(6-11)7(2)4-5-10/h4-5,9H,3,10,12H2,1-2H3/b5-4-,8-7-. The lowest BCUT2D eigenvalue weighted by Gasteiger charge is -2.08. The molecule has 12 heavy (non-hydrogen) atoms. The van der Waals surface area contributed by atoms with E-state index in [0.717, 1.165) is 12.0 Å². The first kappa shape index (κ1) is 10.7. The Labute approximate surface area is 73.4 Å². The second kappa shape index (κ2) is 5.39. The number of nitriles is 1. The van der Waals surface area contributed by atoms with Gasteiger partial charge in [0.1, 0.15) is 0 Å². The summed E-state index contributed by atoms with van der Waals surface area (Å²) in [6, 6.07) is 1.91. The maximum Gasteiger partial charge on any atom is 0.0966 e. The zero-order valence-electron chi connectivity index (χ0n) is 7.54. The highest BCUT2D eigenvalue weighted by atomic mass is 14.6. The van der Waals surface area contributed by atoms with Gasteiger partial charge in [0.05, 0.1) is 6.07 Å². The summed E-state index contributed by atoms with van der Waals surface area (Å²) in [7, 11) is 0. The first-order valence-electron chi connectivity index (χ1n) is 3.92. The molecule has 0 aliphatic carbocycles. The Morgan fingerprint density at radius 2 is 2.25 bits per heavy atom. The van der Waals surface area contributed by atoms with Crippen LogP contribution in [-0.2, 0) is 0 Å². The Balaban J connectivity index is 4.76. The normalized spacial score (nSPS) is 15.5. The van der Waals surface area contributed by atoms with E-state index in [4.69, 9.17) is 16.7 Å². The topological polar surface area (TPSA) is 75.8 Å². The van der Waals surface area contributed by atoms with E-state index in [1.807, 2.05) is 13.8 Å². The monoisotopic (exact) mass is 165 g/mol. The molecule has 0 saturated heterocycles. The van der Waals surface area contributed by atoms with Crippen LogP contribution in [-0.4, -0.2) is 6.04 Å². The summed E-state index contributed by atoms with van der Waals surface area (Å²) >= 11 is 0. The van der Waals surface area contributed by atoms with Crippen molar-refractivity contribution in [3.8, 4) is 6.07 Å². The van der Waals surface area contributed by atoms with Gasteiger partial charge in [0.25, 0.3) is 0 Å². The molecule has 0 heterocycles. The SMILES string of the molecule is CCC(N)/C(C#N)=C(C)\C=C/N. The lowest BCUT2D eigenvalue weighted by atomic mass is 10.0. The highest BCUT2D eigenvalue weighted by molar-refractivity contribution is 5.36. The van der Waals surface area contributed by atoms with Crippen molar-refractivity contribution >= 4 is 0 Å². The van der Waals surface area contributed by atoms with Gasteiger partial charge in [-0.15, -0.1) is 0 Å². The lowest BCUT2D eigenvalue weighted by molar-refractivity contribution is 0.752. The Morgan fingerprint density at radius 3 is 2.58 bits per heavy atom. The third-order valence-corrected chi connectivity index (χ3v) is 1.70. The molecule has 0 bridgehead atoms. The van der Waals surface area contributed by atoms with Crippen LogP contribution in [0.2, 0.25) is 0 Å². The molecule has 1 atom stereocenters. The minimum atomic E-state index is -0.175. The Hall–Kier alpha value is -1.27. The molecule has 3 nitrogen and oxygen atoms in total. The van der Waals surface area contributed by atoms with E-state index in [9.17, 15) is 0 Å². The van der Waals surface area contributed by atoms with Crippen molar-refractivity contribution in [2.45, 2.75) is 26.3 Å². The fourth-order valence-corrected chi connectivity index (χ4v) is 0.902. The first-order chi connectivity index (χ1) is 5.67. The van der Waals surface area contributed by atoms with Crippen molar-refractivity contribution in [3.63, 3.8) is 0 Å². The van der Waals surface area contributed by atoms with Crippen LogP contribution in [0, 0.1) is 11.3 Å². The Bertz CT molecular complexity index is 233. The number of nitrogens with zero attached hydrogens (tertiary/aromatic N) is 1. The van der Waals surface area contributed by atoms with Crippen LogP contribution >= 0.6 is 0 Å². The van der Waals surface area contributed by atoms with Gasteiger partial charge in [-0.2, -0.15) is 5.26 Å². The molecular formula is C9H15N3. The van der Waals surface area contributed by atoms with Crippen LogP contribution in [0.1, 0.15) is 20.3 Å². The molecule has 0 aliphatic heterocycles. The second-order valence-corrected chi connectivity index (χ2v) is 2.58. The zero-order chi connectivity index (χ0) is 9.56. The molecule has 0 amide bonds. The number of allylic oxidation sites excluding steroid dienone is 2. The van der Waals surface area contributed by atoms with E-state index < -0.39 is 0 Å². The molecule has 0 saturated carbocycles. The highest BCUT2D eigenvalue weighted by Crippen LogP contribution is 2.09. The number of hydrogen-bond donors (Lipinski definition) is 2. The highest BCUT2D eigenvalue weighted by Gasteiger charge is 2.07. The molecule has 0 aromatic carbocycles. The fraction of sp³-hybridized carbons (Fsp3) is 0.444. The minimum Gasteiger partial charge on any atom is -0.405 e. The molecule has 1 unspecified atom stereocenters. The summed E-state index contributed by atoms with van der Waals surface area (Å²) in [5.41, 5.74) is 12.4. The van der Waals surface area contributed by atoms with Gasteiger partial charge >= 0.3 is 0 Å². The van der Waals surface area contributed by atoms with E-state index in [-0.39, 0.29) is 6.04 Å². The number of hydrogen-bond acceptors (Lipinski definition) is 3. The van der Waals surface area contributed by atoms with E-state index in [0.29, 0.717) is 5.57 Å². The summed E-state index contributed by atoms with van der Waals surface area (Å²) in [6.07, 6.45) is 3.86. The maximum absolute atomic E-state index is 8.76. The van der Waals surface area contributed by atoms with Crippen molar-refractivity contribution in [2.24, 2.45) is 11.5 Å². The van der Waals surface area contributed by atoms with Gasteiger partial charge in [0.15, 0.2) is 0 Å². The number of rotatable bonds is 3. The first-order valence-corrected chi connectivity index (χ1v) is 3.92. The van der Waals surface area contributed by atoms with Gasteiger partial charge in [-0.1, -0.05) is 6.92 Å². The van der Waals surface area contributed by atoms with Crippen LogP contribution in [0.4, 0.5) is 0 Å². The van der Waals surface area contributed by atoms with Crippen molar-refractivity contribution in [2.75, 3.05) is 0 Å². The van der Waals surface area contributed by atoms with Crippen LogP contribution in [0.15, 0.2) is 23.4 Å². The van der Waals surface area contributed by atoms with Crippen molar-refractivity contribution < 1.29 is 0 Å². The quantitative estimate of drug-likeness (QED) is 0.484. The summed E-state index contributed by atoms with van der Waals surface area (Å²) in [6.45, 7) is 3.78. The third kappa shape index (κ3) is 2.77. The largest absolute Gasteiger partial charge is 0.405 e. The smallest absolute Gasteiger partial charge is 0.0966 e. The average Bonchev–Trinajstić information content (AvgIpc) is 2.06. The molecule has 0 aliphatic rings. The van der Waals surface area contributed by atoms with Gasteiger partial charge in [0.2, 0.25) is 0 Å². The van der Waals surface area contributed by atoms with Gasteiger partial charge in [-0.05, 0) is 31.2 Å². The van der Waals surface area contributed by atoms with Gasteiger partial charge < -0.3 is 11.5 Å². The minimum absolute atomic E-state index is 0.175. The fourth-order valence-electron chi connectivity index (χ4n) is 0.902. The molecule has 0 rings (SSSR count). The number of nitrogens with two attached hydrogens (primary N) is 2. The zero-order valence-corrected chi connectivity index (χ0v) is 7.54.